The Bertz CT molecular complexity index is 485. The van der Waals surface area contributed by atoms with E-state index in [-0.39, 0.29) is 5.56 Å². The van der Waals surface area contributed by atoms with Gasteiger partial charge in [-0.15, -0.1) is 0 Å². The van der Waals surface area contributed by atoms with Crippen molar-refractivity contribution in [1.82, 2.24) is 4.98 Å². The number of hydrogen-bond acceptors (Lipinski definition) is 3. The first-order chi connectivity index (χ1) is 8.08. The molecule has 0 amide bonds. The highest BCUT2D eigenvalue weighted by molar-refractivity contribution is 6.33. The normalized spacial score (nSPS) is 15.6. The summed E-state index contributed by atoms with van der Waals surface area (Å²) in [6.45, 7) is 3.73. The third-order valence-electron chi connectivity index (χ3n) is 2.80. The van der Waals surface area contributed by atoms with Crippen molar-refractivity contribution in [3.8, 4) is 0 Å². The molecule has 2 rings (SSSR count). The van der Waals surface area contributed by atoms with Crippen molar-refractivity contribution in [2.45, 2.75) is 13.3 Å². The molecule has 17 heavy (non-hydrogen) atoms. The Hall–Kier alpha value is -1.55. The summed E-state index contributed by atoms with van der Waals surface area (Å²) in [4.78, 5) is 16.9. The molecule has 0 radical (unpaired) electrons. The number of anilines is 1. The van der Waals surface area contributed by atoms with Gasteiger partial charge in [-0.05, 0) is 19.4 Å². The summed E-state index contributed by atoms with van der Waals surface area (Å²) in [6, 6.07) is 1.44. The maximum Gasteiger partial charge on any atom is 0.337 e. The van der Waals surface area contributed by atoms with Crippen LogP contribution in [0, 0.1) is 0 Å². The molecule has 0 aromatic carbocycles. The lowest BCUT2D eigenvalue weighted by molar-refractivity contribution is 0.0696. The van der Waals surface area contributed by atoms with E-state index in [4.69, 9.17) is 16.7 Å². The number of halogens is 1. The number of hydrogen-bond donors (Lipinski definition) is 1. The lowest BCUT2D eigenvalue weighted by atomic mass is 10.1. The minimum atomic E-state index is -1.01. The molecule has 1 aliphatic heterocycles. The van der Waals surface area contributed by atoms with Crippen LogP contribution in [0.4, 0.5) is 5.82 Å². The first kappa shape index (κ1) is 11.9. The van der Waals surface area contributed by atoms with Crippen molar-refractivity contribution in [3.05, 3.63) is 34.5 Å². The molecule has 5 heteroatoms. The van der Waals surface area contributed by atoms with Gasteiger partial charge in [0, 0.05) is 19.3 Å². The lowest BCUT2D eigenvalue weighted by Crippen LogP contribution is -2.29. The van der Waals surface area contributed by atoms with Crippen molar-refractivity contribution < 1.29 is 9.90 Å². The molecule has 1 aromatic heterocycles. The number of aromatic nitrogens is 1. The monoisotopic (exact) mass is 252 g/mol. The average molecular weight is 253 g/mol. The predicted molar refractivity (Wildman–Crippen MR) is 66.8 cm³/mol. The molecule has 0 unspecified atom stereocenters. The van der Waals surface area contributed by atoms with Crippen LogP contribution in [-0.4, -0.2) is 29.1 Å². The zero-order chi connectivity index (χ0) is 12.4. The summed E-state index contributed by atoms with van der Waals surface area (Å²) in [5.41, 5.74) is 1.47. The van der Waals surface area contributed by atoms with Crippen LogP contribution < -0.4 is 4.90 Å². The third kappa shape index (κ3) is 2.58. The van der Waals surface area contributed by atoms with Crippen LogP contribution in [0.3, 0.4) is 0 Å². The molecule has 1 N–H and O–H groups in total. The van der Waals surface area contributed by atoms with Crippen molar-refractivity contribution in [1.29, 1.82) is 0 Å². The molecular weight excluding hydrogens is 240 g/mol. The molecule has 1 aliphatic rings. The molecular formula is C12H13ClN2O2. The zero-order valence-electron chi connectivity index (χ0n) is 9.48. The summed E-state index contributed by atoms with van der Waals surface area (Å²) in [7, 11) is 0. The van der Waals surface area contributed by atoms with Crippen molar-refractivity contribution in [2.75, 3.05) is 18.0 Å². The maximum atomic E-state index is 10.8. The van der Waals surface area contributed by atoms with Gasteiger partial charge in [0.2, 0.25) is 0 Å². The predicted octanol–water partition coefficient (Wildman–Crippen LogP) is 2.59. The summed E-state index contributed by atoms with van der Waals surface area (Å²) in [5.74, 6) is -0.360. The van der Waals surface area contributed by atoms with Gasteiger partial charge < -0.3 is 10.0 Å². The van der Waals surface area contributed by atoms with Crippen LogP contribution in [0.1, 0.15) is 23.7 Å². The first-order valence-electron chi connectivity index (χ1n) is 5.37. The molecule has 0 saturated carbocycles. The highest BCUT2D eigenvalue weighted by atomic mass is 35.5. The van der Waals surface area contributed by atoms with Crippen LogP contribution >= 0.6 is 11.6 Å². The van der Waals surface area contributed by atoms with Crippen LogP contribution in [0.2, 0.25) is 5.02 Å². The second-order valence-electron chi connectivity index (χ2n) is 4.08. The van der Waals surface area contributed by atoms with E-state index in [0.717, 1.165) is 19.5 Å². The van der Waals surface area contributed by atoms with Crippen molar-refractivity contribution in [2.24, 2.45) is 0 Å². The van der Waals surface area contributed by atoms with E-state index in [1.165, 1.54) is 17.8 Å². The fraction of sp³-hybridized carbons (Fsp3) is 0.333. The molecule has 0 saturated heterocycles. The summed E-state index contributed by atoms with van der Waals surface area (Å²) < 4.78 is 0. The first-order valence-corrected chi connectivity index (χ1v) is 5.75. The zero-order valence-corrected chi connectivity index (χ0v) is 10.2. The van der Waals surface area contributed by atoms with Gasteiger partial charge in [0.1, 0.15) is 5.82 Å². The Labute approximate surface area is 105 Å². The molecule has 0 bridgehead atoms. The van der Waals surface area contributed by atoms with Gasteiger partial charge in [-0.1, -0.05) is 23.3 Å². The van der Waals surface area contributed by atoms with Crippen molar-refractivity contribution in [3.63, 3.8) is 0 Å². The van der Waals surface area contributed by atoms with Crippen molar-refractivity contribution >= 4 is 23.4 Å². The Morgan fingerprint density at radius 1 is 1.59 bits per heavy atom. The Balaban J connectivity index is 2.25. The number of carbonyl (C=O) groups is 1. The lowest BCUT2D eigenvalue weighted by Gasteiger charge is -2.27. The number of rotatable bonds is 2. The van der Waals surface area contributed by atoms with Gasteiger partial charge in [-0.3, -0.25) is 0 Å². The smallest absolute Gasteiger partial charge is 0.337 e. The summed E-state index contributed by atoms with van der Waals surface area (Å²) in [5, 5.41) is 9.21. The Morgan fingerprint density at radius 3 is 2.88 bits per heavy atom. The SMILES string of the molecule is CC1=CCN(c2ncc(C(=O)O)cc2Cl)CC1. The molecule has 0 fully saturated rings. The topological polar surface area (TPSA) is 53.4 Å². The van der Waals surface area contributed by atoms with Gasteiger partial charge >= 0.3 is 5.97 Å². The highest BCUT2D eigenvalue weighted by Crippen LogP contribution is 2.26. The van der Waals surface area contributed by atoms with Gasteiger partial charge in [0.15, 0.2) is 0 Å². The van der Waals surface area contributed by atoms with E-state index in [1.54, 1.807) is 0 Å². The van der Waals surface area contributed by atoms with Gasteiger partial charge in [0.05, 0.1) is 10.6 Å². The number of carboxylic acids is 1. The Kier molecular flexibility index (Phi) is 3.33. The second kappa shape index (κ2) is 4.75. The fourth-order valence-corrected chi connectivity index (χ4v) is 2.03. The molecule has 0 aliphatic carbocycles. The minimum Gasteiger partial charge on any atom is -0.478 e. The van der Waals surface area contributed by atoms with E-state index in [2.05, 4.69) is 18.0 Å². The highest BCUT2D eigenvalue weighted by Gasteiger charge is 2.16. The summed E-state index contributed by atoms with van der Waals surface area (Å²) in [6.07, 6.45) is 4.46. The maximum absolute atomic E-state index is 10.8. The number of nitrogens with zero attached hydrogens (tertiary/aromatic N) is 2. The van der Waals surface area contributed by atoms with Crippen LogP contribution in [0.5, 0.6) is 0 Å². The number of carboxylic acid groups (broad SMARTS) is 1. The Morgan fingerprint density at radius 2 is 2.35 bits per heavy atom. The van der Waals surface area contributed by atoms with Gasteiger partial charge in [0.25, 0.3) is 0 Å². The van der Waals surface area contributed by atoms with Crippen LogP contribution in [0.15, 0.2) is 23.9 Å². The number of aromatic carboxylic acids is 1. The average Bonchev–Trinajstić information content (AvgIpc) is 2.30. The number of pyridine rings is 1. The molecule has 0 spiro atoms. The van der Waals surface area contributed by atoms with E-state index in [9.17, 15) is 4.79 Å². The largest absolute Gasteiger partial charge is 0.478 e. The fourth-order valence-electron chi connectivity index (χ4n) is 1.74. The van der Waals surface area contributed by atoms with E-state index >= 15 is 0 Å². The molecule has 2 heterocycles. The van der Waals surface area contributed by atoms with Gasteiger partial charge in [-0.25, -0.2) is 9.78 Å². The van der Waals surface area contributed by atoms with E-state index < -0.39 is 5.97 Å². The molecule has 4 nitrogen and oxygen atoms in total. The second-order valence-corrected chi connectivity index (χ2v) is 4.49. The van der Waals surface area contributed by atoms with Gasteiger partial charge in [-0.2, -0.15) is 0 Å². The van der Waals surface area contributed by atoms with Crippen LogP contribution in [-0.2, 0) is 0 Å². The molecule has 90 valence electrons. The molecule has 1 aromatic rings. The third-order valence-corrected chi connectivity index (χ3v) is 3.08. The quantitative estimate of drug-likeness (QED) is 0.822. The summed E-state index contributed by atoms with van der Waals surface area (Å²) >= 11 is 6.06. The van der Waals surface area contributed by atoms with E-state index in [0.29, 0.717) is 10.8 Å². The standard InChI is InChI=1S/C12H13ClN2O2/c1-8-2-4-15(5-3-8)11-10(13)6-9(7-14-11)12(16)17/h2,6-7H,3-5H2,1H3,(H,16,17). The minimum absolute atomic E-state index is 0.113. The van der Waals surface area contributed by atoms with E-state index in [1.807, 2.05) is 4.90 Å². The van der Waals surface area contributed by atoms with Crippen LogP contribution in [0.25, 0.3) is 0 Å². The molecule has 0 atom stereocenters.